The lowest BCUT2D eigenvalue weighted by Crippen LogP contribution is -2.29. The van der Waals surface area contributed by atoms with Gasteiger partial charge in [-0.2, -0.15) is 13.2 Å². The minimum atomic E-state index is -4.48. The fourth-order valence-corrected chi connectivity index (χ4v) is 4.17. The molecule has 0 aliphatic carbocycles. The summed E-state index contributed by atoms with van der Waals surface area (Å²) in [6, 6.07) is 5.44. The largest absolute Gasteiger partial charge is 0.416 e. The molecule has 0 amide bonds. The minimum absolute atomic E-state index is 0.0260. The molecule has 11 heteroatoms. The van der Waals surface area contributed by atoms with E-state index in [4.69, 9.17) is 0 Å². The molecule has 29 heavy (non-hydrogen) atoms. The molecule has 7 nitrogen and oxygen atoms in total. The number of hydrogen-bond donors (Lipinski definition) is 2. The molecule has 0 saturated heterocycles. The second kappa shape index (κ2) is 7.64. The van der Waals surface area contributed by atoms with Crippen molar-refractivity contribution in [2.45, 2.75) is 37.5 Å². The summed E-state index contributed by atoms with van der Waals surface area (Å²) in [5, 5.41) is 2.80. The molecule has 1 atom stereocenters. The highest BCUT2D eigenvalue weighted by molar-refractivity contribution is 7.89. The van der Waals surface area contributed by atoms with Crippen LogP contribution >= 0.6 is 0 Å². The van der Waals surface area contributed by atoms with E-state index < -0.39 is 27.8 Å². The second-order valence-corrected chi connectivity index (χ2v) is 8.10. The van der Waals surface area contributed by atoms with Crippen LogP contribution < -0.4 is 10.0 Å². The quantitative estimate of drug-likeness (QED) is 0.628. The topological polar surface area (TPSA) is 88.9 Å². The summed E-state index contributed by atoms with van der Waals surface area (Å²) < 4.78 is 68.5. The number of anilines is 1. The van der Waals surface area contributed by atoms with Crippen molar-refractivity contribution in [2.75, 3.05) is 12.4 Å². The van der Waals surface area contributed by atoms with Crippen molar-refractivity contribution in [3.63, 3.8) is 0 Å². The number of halogens is 3. The van der Waals surface area contributed by atoms with Gasteiger partial charge in [0.1, 0.15) is 16.5 Å². The number of sulfonamides is 1. The van der Waals surface area contributed by atoms with E-state index in [9.17, 15) is 21.6 Å². The van der Waals surface area contributed by atoms with Crippen LogP contribution in [0, 0.1) is 0 Å². The number of fused-ring (bicyclic) bond motifs is 1. The number of pyridine rings is 1. The average Bonchev–Trinajstić information content (AvgIpc) is 3.05. The highest BCUT2D eigenvalue weighted by Gasteiger charge is 2.31. The highest BCUT2D eigenvalue weighted by atomic mass is 32.2. The molecule has 3 rings (SSSR count). The zero-order chi connectivity index (χ0) is 21.4. The Balaban J connectivity index is 1.96. The molecule has 0 fully saturated rings. The Morgan fingerprint density at radius 2 is 1.93 bits per heavy atom. The fraction of sp³-hybridized carbons (Fsp3) is 0.333. The Bertz CT molecular complexity index is 1120. The summed E-state index contributed by atoms with van der Waals surface area (Å²) in [5.74, 6) is 0.843. The van der Waals surface area contributed by atoms with Crippen LogP contribution in [0.2, 0.25) is 0 Å². The SMILES string of the molecule is CCn1c(C(C)NS(=O)(=O)c2ccc(NC)nc2)nc2ccc(C(F)(F)F)cc21. The van der Waals surface area contributed by atoms with Gasteiger partial charge in [-0.25, -0.2) is 23.1 Å². The molecule has 1 unspecified atom stereocenters. The summed E-state index contributed by atoms with van der Waals surface area (Å²) in [5.41, 5.74) is -0.126. The van der Waals surface area contributed by atoms with E-state index >= 15 is 0 Å². The van der Waals surface area contributed by atoms with E-state index in [1.54, 1.807) is 25.5 Å². The van der Waals surface area contributed by atoms with E-state index in [0.717, 1.165) is 12.1 Å². The summed E-state index contributed by atoms with van der Waals surface area (Å²) in [6.45, 7) is 3.68. The smallest absolute Gasteiger partial charge is 0.373 e. The lowest BCUT2D eigenvalue weighted by Gasteiger charge is -2.16. The number of benzene rings is 1. The van der Waals surface area contributed by atoms with Crippen molar-refractivity contribution in [3.05, 3.63) is 47.9 Å². The third-order valence-electron chi connectivity index (χ3n) is 4.44. The zero-order valence-corrected chi connectivity index (χ0v) is 16.8. The molecule has 0 saturated carbocycles. The van der Waals surface area contributed by atoms with Crippen molar-refractivity contribution < 1.29 is 21.6 Å². The van der Waals surface area contributed by atoms with Crippen LogP contribution in [0.3, 0.4) is 0 Å². The Kier molecular flexibility index (Phi) is 5.54. The summed E-state index contributed by atoms with van der Waals surface area (Å²) in [4.78, 5) is 8.32. The first kappa shape index (κ1) is 21.1. The molecule has 0 radical (unpaired) electrons. The number of aryl methyl sites for hydroxylation is 1. The molecule has 2 aromatic heterocycles. The Hall–Kier alpha value is -2.66. The summed E-state index contributed by atoms with van der Waals surface area (Å²) in [7, 11) is -2.24. The van der Waals surface area contributed by atoms with Gasteiger partial charge >= 0.3 is 6.18 Å². The number of nitrogens with one attached hydrogen (secondary N) is 2. The van der Waals surface area contributed by atoms with Gasteiger partial charge < -0.3 is 9.88 Å². The van der Waals surface area contributed by atoms with Gasteiger partial charge in [-0.05, 0) is 44.2 Å². The molecule has 0 aliphatic rings. The molecule has 2 N–H and O–H groups in total. The Morgan fingerprint density at radius 3 is 2.48 bits per heavy atom. The van der Waals surface area contributed by atoms with Gasteiger partial charge in [0.05, 0.1) is 22.6 Å². The first-order valence-electron chi connectivity index (χ1n) is 8.80. The molecule has 156 valence electrons. The maximum atomic E-state index is 13.0. The molecule has 0 spiro atoms. The number of hydrogen-bond acceptors (Lipinski definition) is 5. The fourth-order valence-electron chi connectivity index (χ4n) is 3.02. The number of rotatable bonds is 6. The average molecular weight is 427 g/mol. The normalized spacial score (nSPS) is 13.6. The van der Waals surface area contributed by atoms with Crippen LogP contribution in [0.4, 0.5) is 19.0 Å². The summed E-state index contributed by atoms with van der Waals surface area (Å²) in [6.07, 6.45) is -3.25. The molecule has 3 aromatic rings. The van der Waals surface area contributed by atoms with Gasteiger partial charge in [-0.15, -0.1) is 0 Å². The third kappa shape index (κ3) is 4.20. The molecule has 0 bridgehead atoms. The van der Waals surface area contributed by atoms with E-state index in [-0.39, 0.29) is 4.90 Å². The second-order valence-electron chi connectivity index (χ2n) is 6.39. The van der Waals surface area contributed by atoms with Gasteiger partial charge in [0, 0.05) is 19.8 Å². The number of imidazole rings is 1. The Morgan fingerprint density at radius 1 is 1.21 bits per heavy atom. The van der Waals surface area contributed by atoms with Gasteiger partial charge in [0.15, 0.2) is 0 Å². The monoisotopic (exact) mass is 427 g/mol. The van der Waals surface area contributed by atoms with Crippen LogP contribution in [0.1, 0.15) is 31.3 Å². The molecular formula is C18H20F3N5O2S. The van der Waals surface area contributed by atoms with Crippen LogP contribution in [0.15, 0.2) is 41.4 Å². The van der Waals surface area contributed by atoms with Crippen LogP contribution in [0.25, 0.3) is 11.0 Å². The van der Waals surface area contributed by atoms with Gasteiger partial charge in [-0.3, -0.25) is 0 Å². The van der Waals surface area contributed by atoms with E-state index in [1.807, 2.05) is 0 Å². The molecule has 2 heterocycles. The summed E-state index contributed by atoms with van der Waals surface area (Å²) >= 11 is 0. The van der Waals surface area contributed by atoms with Crippen molar-refractivity contribution >= 4 is 26.9 Å². The maximum absolute atomic E-state index is 13.0. The highest BCUT2D eigenvalue weighted by Crippen LogP contribution is 2.32. The minimum Gasteiger partial charge on any atom is -0.373 e. The van der Waals surface area contributed by atoms with Crippen molar-refractivity contribution in [3.8, 4) is 0 Å². The van der Waals surface area contributed by atoms with E-state index in [0.29, 0.717) is 29.2 Å². The lowest BCUT2D eigenvalue weighted by molar-refractivity contribution is -0.137. The number of aromatic nitrogens is 3. The number of alkyl halides is 3. The predicted molar refractivity (Wildman–Crippen MR) is 103 cm³/mol. The zero-order valence-electron chi connectivity index (χ0n) is 15.9. The first-order valence-corrected chi connectivity index (χ1v) is 10.3. The molecular weight excluding hydrogens is 407 g/mol. The predicted octanol–water partition coefficient (Wildman–Crippen LogP) is 3.55. The van der Waals surface area contributed by atoms with Crippen LogP contribution in [0.5, 0.6) is 0 Å². The van der Waals surface area contributed by atoms with Crippen molar-refractivity contribution in [1.82, 2.24) is 19.3 Å². The van der Waals surface area contributed by atoms with E-state index in [2.05, 4.69) is 20.0 Å². The van der Waals surface area contributed by atoms with Gasteiger partial charge in [0.2, 0.25) is 10.0 Å². The third-order valence-corrected chi connectivity index (χ3v) is 5.97. The maximum Gasteiger partial charge on any atom is 0.416 e. The standard InChI is InChI=1S/C18H20F3N5O2S/c1-4-26-15-9-12(18(19,20)21)5-7-14(15)24-17(26)11(2)25-29(27,28)13-6-8-16(22-3)23-10-13/h5-11,25H,4H2,1-3H3,(H,22,23). The Labute approximate surface area is 166 Å². The van der Waals surface area contributed by atoms with Gasteiger partial charge in [0.25, 0.3) is 0 Å². The van der Waals surface area contributed by atoms with Crippen molar-refractivity contribution in [2.24, 2.45) is 0 Å². The first-order chi connectivity index (χ1) is 13.6. The van der Waals surface area contributed by atoms with E-state index in [1.165, 1.54) is 24.4 Å². The molecule has 0 aliphatic heterocycles. The van der Waals surface area contributed by atoms with Crippen molar-refractivity contribution in [1.29, 1.82) is 0 Å². The van der Waals surface area contributed by atoms with Crippen LogP contribution in [-0.4, -0.2) is 30.0 Å². The lowest BCUT2D eigenvalue weighted by atomic mass is 10.2. The van der Waals surface area contributed by atoms with Gasteiger partial charge in [-0.1, -0.05) is 0 Å². The number of nitrogens with zero attached hydrogens (tertiary/aromatic N) is 3. The van der Waals surface area contributed by atoms with Crippen LogP contribution in [-0.2, 0) is 22.7 Å². The molecule has 1 aromatic carbocycles.